The van der Waals surface area contributed by atoms with Crippen molar-refractivity contribution >= 4 is 11.8 Å². The molecule has 0 saturated carbocycles. The van der Waals surface area contributed by atoms with Gasteiger partial charge >= 0.3 is 0 Å². The Balaban J connectivity index is 2.14. The van der Waals surface area contributed by atoms with Crippen LogP contribution in [0.5, 0.6) is 0 Å². The van der Waals surface area contributed by atoms with Gasteiger partial charge in [0.15, 0.2) is 0 Å². The van der Waals surface area contributed by atoms with Crippen LogP contribution in [0.1, 0.15) is 32.3 Å². The van der Waals surface area contributed by atoms with E-state index in [2.05, 4.69) is 13.8 Å². The Bertz CT molecular complexity index is 427. The summed E-state index contributed by atoms with van der Waals surface area (Å²) >= 11 is 1.80. The fraction of sp³-hybridized carbons (Fsp3) is 0.600. The quantitative estimate of drug-likeness (QED) is 0.900. The Hall–Kier alpha value is -0.580. The topological polar surface area (TPSA) is 35.2 Å². The zero-order valence-corrected chi connectivity index (χ0v) is 12.4. The molecule has 1 aromatic rings. The van der Waals surface area contributed by atoms with E-state index in [0.717, 1.165) is 36.3 Å². The second kappa shape index (κ2) is 6.73. The summed E-state index contributed by atoms with van der Waals surface area (Å²) in [6, 6.07) is 5.13. The van der Waals surface area contributed by atoms with Crippen molar-refractivity contribution in [2.75, 3.05) is 6.61 Å². The molecule has 1 aliphatic heterocycles. The van der Waals surface area contributed by atoms with E-state index in [1.807, 2.05) is 6.07 Å². The second-order valence-corrected chi connectivity index (χ2v) is 6.43. The van der Waals surface area contributed by atoms with Gasteiger partial charge in [-0.15, -0.1) is 11.8 Å². The molecule has 1 saturated heterocycles. The molecule has 4 heteroatoms. The normalized spacial score (nSPS) is 24.6. The average molecular weight is 283 g/mol. The van der Waals surface area contributed by atoms with Gasteiger partial charge in [0.05, 0.1) is 6.10 Å². The third-order valence-corrected chi connectivity index (χ3v) is 5.19. The summed E-state index contributed by atoms with van der Waals surface area (Å²) in [7, 11) is 0. The lowest BCUT2D eigenvalue weighted by molar-refractivity contribution is 0.127. The predicted molar refractivity (Wildman–Crippen MR) is 78.0 cm³/mol. The molecule has 3 unspecified atom stereocenters. The smallest absolute Gasteiger partial charge is 0.123 e. The molecule has 0 spiro atoms. The van der Waals surface area contributed by atoms with Gasteiger partial charge in [-0.25, -0.2) is 4.39 Å². The Morgan fingerprint density at radius 3 is 2.95 bits per heavy atom. The lowest BCUT2D eigenvalue weighted by Gasteiger charge is -2.18. The zero-order chi connectivity index (χ0) is 13.8. The molecule has 3 atom stereocenters. The number of halogens is 1. The summed E-state index contributed by atoms with van der Waals surface area (Å²) in [6.45, 7) is 4.99. The molecule has 106 valence electrons. The summed E-state index contributed by atoms with van der Waals surface area (Å²) in [5.74, 6) is -0.182. The van der Waals surface area contributed by atoms with Crippen LogP contribution in [0.25, 0.3) is 0 Å². The van der Waals surface area contributed by atoms with Crippen LogP contribution in [0, 0.1) is 5.82 Å². The Labute approximate surface area is 118 Å². The highest BCUT2D eigenvalue weighted by Crippen LogP contribution is 2.35. The predicted octanol–water partition coefficient (Wildman–Crippen LogP) is 3.38. The van der Waals surface area contributed by atoms with Gasteiger partial charge in [0.1, 0.15) is 5.82 Å². The highest BCUT2D eigenvalue weighted by molar-refractivity contribution is 8.00. The SMILES string of the molecule is CCC(N)Cc1cc(F)ccc1SC1CCOC1C. The Morgan fingerprint density at radius 1 is 1.53 bits per heavy atom. The van der Waals surface area contributed by atoms with Crippen molar-refractivity contribution in [3.8, 4) is 0 Å². The summed E-state index contributed by atoms with van der Waals surface area (Å²) in [4.78, 5) is 1.15. The molecule has 1 aromatic carbocycles. The minimum absolute atomic E-state index is 0.0957. The molecule has 1 heterocycles. The first kappa shape index (κ1) is 14.8. The number of ether oxygens (including phenoxy) is 1. The number of benzene rings is 1. The molecule has 2 rings (SSSR count). The summed E-state index contributed by atoms with van der Waals surface area (Å²) < 4.78 is 19.0. The van der Waals surface area contributed by atoms with E-state index in [0.29, 0.717) is 5.25 Å². The molecule has 2 nitrogen and oxygen atoms in total. The number of hydrogen-bond donors (Lipinski definition) is 1. The van der Waals surface area contributed by atoms with Gasteiger partial charge in [0, 0.05) is 22.8 Å². The monoisotopic (exact) mass is 283 g/mol. The molecule has 1 fully saturated rings. The van der Waals surface area contributed by atoms with Crippen LogP contribution in [0.15, 0.2) is 23.1 Å². The van der Waals surface area contributed by atoms with Crippen LogP contribution < -0.4 is 5.73 Å². The fourth-order valence-electron chi connectivity index (χ4n) is 2.28. The molecule has 1 aliphatic rings. The Kier molecular flexibility index (Phi) is 5.25. The standard InChI is InChI=1S/C15H22FNOS/c1-3-13(17)9-11-8-12(16)4-5-15(11)19-14-6-7-18-10(14)2/h4-5,8,10,13-14H,3,6-7,9,17H2,1-2H3. The maximum Gasteiger partial charge on any atom is 0.123 e. The van der Waals surface area contributed by atoms with Crippen molar-refractivity contribution in [1.29, 1.82) is 0 Å². The molecule has 0 aliphatic carbocycles. The van der Waals surface area contributed by atoms with E-state index in [4.69, 9.17) is 10.5 Å². The first-order valence-corrected chi connectivity index (χ1v) is 7.80. The summed E-state index contributed by atoms with van der Waals surface area (Å²) in [5.41, 5.74) is 7.03. The molecule has 0 bridgehead atoms. The van der Waals surface area contributed by atoms with Gasteiger partial charge in [-0.3, -0.25) is 0 Å². The van der Waals surface area contributed by atoms with Crippen LogP contribution in [0.4, 0.5) is 4.39 Å². The lowest BCUT2D eigenvalue weighted by atomic mass is 10.0. The van der Waals surface area contributed by atoms with Gasteiger partial charge in [-0.05, 0) is 49.9 Å². The van der Waals surface area contributed by atoms with Crippen LogP contribution in [0.3, 0.4) is 0 Å². The van der Waals surface area contributed by atoms with E-state index < -0.39 is 0 Å². The van der Waals surface area contributed by atoms with E-state index in [-0.39, 0.29) is 18.0 Å². The first-order chi connectivity index (χ1) is 9.10. The van der Waals surface area contributed by atoms with Gasteiger partial charge in [0.25, 0.3) is 0 Å². The molecule has 2 N–H and O–H groups in total. The van der Waals surface area contributed by atoms with Crippen LogP contribution in [-0.4, -0.2) is 24.0 Å². The molecule has 0 radical (unpaired) electrons. The van der Waals surface area contributed by atoms with Crippen LogP contribution in [0.2, 0.25) is 0 Å². The van der Waals surface area contributed by atoms with Crippen molar-refractivity contribution in [3.05, 3.63) is 29.6 Å². The zero-order valence-electron chi connectivity index (χ0n) is 11.6. The number of nitrogens with two attached hydrogens (primary N) is 1. The molecule has 19 heavy (non-hydrogen) atoms. The third-order valence-electron chi connectivity index (χ3n) is 3.61. The minimum Gasteiger partial charge on any atom is -0.377 e. The summed E-state index contributed by atoms with van der Waals surface area (Å²) in [6.07, 6.45) is 2.97. The van der Waals surface area contributed by atoms with E-state index in [9.17, 15) is 4.39 Å². The van der Waals surface area contributed by atoms with E-state index in [1.54, 1.807) is 17.8 Å². The third kappa shape index (κ3) is 3.94. The molecular weight excluding hydrogens is 261 g/mol. The van der Waals surface area contributed by atoms with Crippen molar-refractivity contribution < 1.29 is 9.13 Å². The number of hydrogen-bond acceptors (Lipinski definition) is 3. The molecule has 0 aromatic heterocycles. The average Bonchev–Trinajstić information content (AvgIpc) is 2.78. The fourth-order valence-corrected chi connectivity index (χ4v) is 3.53. The van der Waals surface area contributed by atoms with Crippen molar-refractivity contribution in [1.82, 2.24) is 0 Å². The lowest BCUT2D eigenvalue weighted by Crippen LogP contribution is -2.22. The van der Waals surface area contributed by atoms with Crippen LogP contribution >= 0.6 is 11.8 Å². The maximum absolute atomic E-state index is 13.4. The van der Waals surface area contributed by atoms with Crippen LogP contribution in [-0.2, 0) is 11.2 Å². The number of rotatable bonds is 5. The van der Waals surface area contributed by atoms with Gasteiger partial charge in [-0.2, -0.15) is 0 Å². The number of thioether (sulfide) groups is 1. The minimum atomic E-state index is -0.182. The summed E-state index contributed by atoms with van der Waals surface area (Å²) in [5, 5.41) is 0.460. The largest absolute Gasteiger partial charge is 0.377 e. The molecule has 0 amide bonds. The molecular formula is C15H22FNOS. The highest BCUT2D eigenvalue weighted by atomic mass is 32.2. The van der Waals surface area contributed by atoms with Crippen molar-refractivity contribution in [2.24, 2.45) is 5.73 Å². The van der Waals surface area contributed by atoms with E-state index >= 15 is 0 Å². The van der Waals surface area contributed by atoms with Crippen molar-refractivity contribution in [2.45, 2.75) is 55.4 Å². The first-order valence-electron chi connectivity index (χ1n) is 6.92. The second-order valence-electron chi connectivity index (χ2n) is 5.15. The van der Waals surface area contributed by atoms with Crippen molar-refractivity contribution in [3.63, 3.8) is 0 Å². The van der Waals surface area contributed by atoms with Gasteiger partial charge < -0.3 is 10.5 Å². The van der Waals surface area contributed by atoms with E-state index in [1.165, 1.54) is 6.07 Å². The highest BCUT2D eigenvalue weighted by Gasteiger charge is 2.26. The maximum atomic E-state index is 13.4. The Morgan fingerprint density at radius 2 is 2.32 bits per heavy atom. The van der Waals surface area contributed by atoms with Gasteiger partial charge in [0.2, 0.25) is 0 Å². The van der Waals surface area contributed by atoms with Gasteiger partial charge in [-0.1, -0.05) is 6.92 Å².